The van der Waals surface area contributed by atoms with Crippen LogP contribution in [0.15, 0.2) is 0 Å². The molecule has 0 aromatic rings. The molecule has 0 radical (unpaired) electrons. The Kier molecular flexibility index (Phi) is 6.10. The SMILES string of the molecule is CCCC(C#N)C(=O)CCC1CCCCO1. The standard InChI is InChI=1S/C13H21NO2/c1-2-5-11(10-14)13(15)8-7-12-6-3-4-9-16-12/h11-12H,2-9H2,1H3. The molecule has 2 unspecified atom stereocenters. The van der Waals surface area contributed by atoms with Gasteiger partial charge < -0.3 is 4.74 Å². The summed E-state index contributed by atoms with van der Waals surface area (Å²) in [5.74, 6) is -0.299. The van der Waals surface area contributed by atoms with Crippen molar-refractivity contribution < 1.29 is 9.53 Å². The third kappa shape index (κ3) is 4.32. The van der Waals surface area contributed by atoms with Crippen LogP contribution in [0, 0.1) is 17.2 Å². The highest BCUT2D eigenvalue weighted by Crippen LogP contribution is 2.19. The van der Waals surface area contributed by atoms with E-state index in [9.17, 15) is 4.79 Å². The Morgan fingerprint density at radius 3 is 2.94 bits per heavy atom. The van der Waals surface area contributed by atoms with Gasteiger partial charge in [0, 0.05) is 13.0 Å². The van der Waals surface area contributed by atoms with Crippen molar-refractivity contribution in [1.29, 1.82) is 5.26 Å². The molecule has 1 heterocycles. The highest BCUT2D eigenvalue weighted by atomic mass is 16.5. The molecule has 0 bridgehead atoms. The van der Waals surface area contributed by atoms with E-state index in [2.05, 4.69) is 6.07 Å². The van der Waals surface area contributed by atoms with Crippen LogP contribution < -0.4 is 0 Å². The summed E-state index contributed by atoms with van der Waals surface area (Å²) in [6.07, 6.45) is 6.54. The van der Waals surface area contributed by atoms with E-state index >= 15 is 0 Å². The topological polar surface area (TPSA) is 50.1 Å². The number of nitriles is 1. The number of hydrogen-bond acceptors (Lipinski definition) is 3. The zero-order valence-electron chi connectivity index (χ0n) is 10.1. The second kappa shape index (κ2) is 7.40. The summed E-state index contributed by atoms with van der Waals surface area (Å²) in [6.45, 7) is 2.83. The van der Waals surface area contributed by atoms with E-state index in [0.717, 1.165) is 32.3 Å². The molecule has 0 amide bonds. The van der Waals surface area contributed by atoms with Crippen molar-refractivity contribution in [3.8, 4) is 6.07 Å². The van der Waals surface area contributed by atoms with Gasteiger partial charge in [-0.3, -0.25) is 4.79 Å². The molecule has 1 aliphatic rings. The van der Waals surface area contributed by atoms with Crippen molar-refractivity contribution >= 4 is 5.78 Å². The van der Waals surface area contributed by atoms with Crippen molar-refractivity contribution in [2.24, 2.45) is 5.92 Å². The first-order chi connectivity index (χ1) is 7.77. The van der Waals surface area contributed by atoms with Crippen molar-refractivity contribution in [3.05, 3.63) is 0 Å². The molecule has 16 heavy (non-hydrogen) atoms. The predicted molar refractivity (Wildman–Crippen MR) is 61.8 cm³/mol. The van der Waals surface area contributed by atoms with Crippen LogP contribution in [0.4, 0.5) is 0 Å². The first-order valence-electron chi connectivity index (χ1n) is 6.31. The Morgan fingerprint density at radius 1 is 1.56 bits per heavy atom. The third-order valence-corrected chi connectivity index (χ3v) is 3.11. The fourth-order valence-electron chi connectivity index (χ4n) is 2.10. The maximum absolute atomic E-state index is 11.7. The maximum Gasteiger partial charge on any atom is 0.150 e. The van der Waals surface area contributed by atoms with Crippen molar-refractivity contribution in [3.63, 3.8) is 0 Å². The van der Waals surface area contributed by atoms with Crippen LogP contribution in [0.2, 0.25) is 0 Å². The lowest BCUT2D eigenvalue weighted by molar-refractivity contribution is -0.122. The number of rotatable bonds is 6. The molecular weight excluding hydrogens is 202 g/mol. The smallest absolute Gasteiger partial charge is 0.150 e. The summed E-state index contributed by atoms with van der Waals surface area (Å²) in [5, 5.41) is 8.86. The van der Waals surface area contributed by atoms with Gasteiger partial charge in [-0.05, 0) is 32.1 Å². The van der Waals surface area contributed by atoms with Gasteiger partial charge in [0.15, 0.2) is 0 Å². The monoisotopic (exact) mass is 223 g/mol. The van der Waals surface area contributed by atoms with E-state index < -0.39 is 5.92 Å². The quantitative estimate of drug-likeness (QED) is 0.695. The minimum atomic E-state index is -0.395. The van der Waals surface area contributed by atoms with Gasteiger partial charge in [0.25, 0.3) is 0 Å². The molecule has 0 aromatic heterocycles. The van der Waals surface area contributed by atoms with Gasteiger partial charge in [0.05, 0.1) is 12.2 Å². The highest BCUT2D eigenvalue weighted by Gasteiger charge is 2.20. The lowest BCUT2D eigenvalue weighted by atomic mass is 9.94. The van der Waals surface area contributed by atoms with Crippen molar-refractivity contribution in [1.82, 2.24) is 0 Å². The summed E-state index contributed by atoms with van der Waals surface area (Å²) >= 11 is 0. The van der Waals surface area contributed by atoms with Gasteiger partial charge in [-0.25, -0.2) is 0 Å². The molecule has 0 saturated carbocycles. The fourth-order valence-corrected chi connectivity index (χ4v) is 2.10. The second-order valence-electron chi connectivity index (χ2n) is 4.46. The molecule has 3 heteroatoms. The van der Waals surface area contributed by atoms with Gasteiger partial charge in [0.1, 0.15) is 11.7 Å². The van der Waals surface area contributed by atoms with Crippen LogP contribution in [0.1, 0.15) is 51.9 Å². The number of ether oxygens (including phenoxy) is 1. The largest absolute Gasteiger partial charge is 0.378 e. The molecule has 2 atom stereocenters. The Bertz CT molecular complexity index is 251. The van der Waals surface area contributed by atoms with Gasteiger partial charge in [-0.2, -0.15) is 5.26 Å². The summed E-state index contributed by atoms with van der Waals surface area (Å²) in [7, 11) is 0. The number of Topliss-reactive ketones (excluding diaryl/α,β-unsaturated/α-hetero) is 1. The summed E-state index contributed by atoms with van der Waals surface area (Å²) in [4.78, 5) is 11.7. The van der Waals surface area contributed by atoms with Crippen LogP contribution >= 0.6 is 0 Å². The Hall–Kier alpha value is -0.880. The maximum atomic E-state index is 11.7. The average Bonchev–Trinajstić information content (AvgIpc) is 2.34. The molecule has 3 nitrogen and oxygen atoms in total. The molecule has 0 aliphatic carbocycles. The second-order valence-corrected chi connectivity index (χ2v) is 4.46. The average molecular weight is 223 g/mol. The van der Waals surface area contributed by atoms with E-state index in [1.54, 1.807) is 0 Å². The minimum Gasteiger partial charge on any atom is -0.378 e. The predicted octanol–water partition coefficient (Wildman–Crippen LogP) is 2.84. The number of ketones is 1. The summed E-state index contributed by atoms with van der Waals surface area (Å²) in [6, 6.07) is 2.10. The first kappa shape index (κ1) is 13.2. The first-order valence-corrected chi connectivity index (χ1v) is 6.31. The normalized spacial score (nSPS) is 22.4. The molecule has 90 valence electrons. The van der Waals surface area contributed by atoms with E-state index in [1.807, 2.05) is 6.92 Å². The molecule has 1 saturated heterocycles. The van der Waals surface area contributed by atoms with E-state index in [1.165, 1.54) is 6.42 Å². The van der Waals surface area contributed by atoms with Crippen LogP contribution in [0.25, 0.3) is 0 Å². The van der Waals surface area contributed by atoms with Crippen LogP contribution in [0.5, 0.6) is 0 Å². The Balaban J connectivity index is 2.25. The summed E-state index contributed by atoms with van der Waals surface area (Å²) in [5.41, 5.74) is 0. The van der Waals surface area contributed by atoms with Gasteiger partial charge >= 0.3 is 0 Å². The number of carbonyl (C=O) groups is 1. The molecule has 0 aromatic carbocycles. The molecular formula is C13H21NO2. The van der Waals surface area contributed by atoms with E-state index in [-0.39, 0.29) is 11.9 Å². The molecule has 0 N–H and O–H groups in total. The minimum absolute atomic E-state index is 0.0959. The molecule has 0 spiro atoms. The van der Waals surface area contributed by atoms with Gasteiger partial charge in [-0.1, -0.05) is 13.3 Å². The van der Waals surface area contributed by atoms with Crippen molar-refractivity contribution in [2.45, 2.75) is 58.0 Å². The van der Waals surface area contributed by atoms with E-state index in [0.29, 0.717) is 12.8 Å². The fraction of sp³-hybridized carbons (Fsp3) is 0.846. The third-order valence-electron chi connectivity index (χ3n) is 3.11. The number of carbonyl (C=O) groups excluding carboxylic acids is 1. The Morgan fingerprint density at radius 2 is 2.38 bits per heavy atom. The van der Waals surface area contributed by atoms with Gasteiger partial charge in [0.2, 0.25) is 0 Å². The van der Waals surface area contributed by atoms with Crippen LogP contribution in [-0.2, 0) is 9.53 Å². The van der Waals surface area contributed by atoms with E-state index in [4.69, 9.17) is 10.00 Å². The molecule has 1 aliphatic heterocycles. The van der Waals surface area contributed by atoms with Gasteiger partial charge in [-0.15, -0.1) is 0 Å². The number of nitrogens with zero attached hydrogens (tertiary/aromatic N) is 1. The van der Waals surface area contributed by atoms with Crippen molar-refractivity contribution in [2.75, 3.05) is 6.61 Å². The van der Waals surface area contributed by atoms with Crippen LogP contribution in [-0.4, -0.2) is 18.5 Å². The zero-order valence-corrected chi connectivity index (χ0v) is 10.1. The summed E-state index contributed by atoms with van der Waals surface area (Å²) < 4.78 is 5.57. The molecule has 1 rings (SSSR count). The molecule has 1 fully saturated rings. The lowest BCUT2D eigenvalue weighted by Crippen LogP contribution is -2.21. The lowest BCUT2D eigenvalue weighted by Gasteiger charge is -2.22. The van der Waals surface area contributed by atoms with Crippen LogP contribution in [0.3, 0.4) is 0 Å². The highest BCUT2D eigenvalue weighted by molar-refractivity contribution is 5.83. The zero-order chi connectivity index (χ0) is 11.8. The number of hydrogen-bond donors (Lipinski definition) is 0. The Labute approximate surface area is 97.8 Å².